The summed E-state index contributed by atoms with van der Waals surface area (Å²) in [6, 6.07) is 13.0. The third-order valence-electron chi connectivity index (χ3n) is 3.01. The Labute approximate surface area is 131 Å². The van der Waals surface area contributed by atoms with E-state index in [9.17, 15) is 4.79 Å². The number of rotatable bonds is 1. The van der Waals surface area contributed by atoms with Gasteiger partial charge in [0.1, 0.15) is 5.71 Å². The maximum absolute atomic E-state index is 12.0. The third-order valence-corrected chi connectivity index (χ3v) is 3.22. The van der Waals surface area contributed by atoms with E-state index >= 15 is 0 Å². The average molecular weight is 315 g/mol. The van der Waals surface area contributed by atoms with E-state index in [1.54, 1.807) is 6.07 Å². The number of halogens is 1. The number of anilines is 1. The van der Waals surface area contributed by atoms with E-state index in [0.29, 0.717) is 10.7 Å². The van der Waals surface area contributed by atoms with E-state index < -0.39 is 0 Å². The predicted octanol–water partition coefficient (Wildman–Crippen LogP) is 3.14. The predicted molar refractivity (Wildman–Crippen MR) is 82.5 cm³/mol. The van der Waals surface area contributed by atoms with Gasteiger partial charge < -0.3 is 5.32 Å². The lowest BCUT2D eigenvalue weighted by atomic mass is 10.1. The molecule has 1 aliphatic heterocycles. The second-order valence-electron chi connectivity index (χ2n) is 4.48. The fraction of sp³-hybridized carbons (Fsp3) is 0.0625. The zero-order chi connectivity index (χ0) is 16.1. The number of hydrogen-bond acceptors (Lipinski definition) is 4. The Balaban J connectivity index is 0.000000545. The Morgan fingerprint density at radius 1 is 1.14 bits per heavy atom. The fourth-order valence-corrected chi connectivity index (χ4v) is 2.41. The molecule has 6 heteroatoms. The zero-order valence-electron chi connectivity index (χ0n) is 11.6. The van der Waals surface area contributed by atoms with Crippen molar-refractivity contribution < 1.29 is 14.4 Å². The zero-order valence-corrected chi connectivity index (χ0v) is 12.3. The molecule has 1 N–H and O–H groups in total. The van der Waals surface area contributed by atoms with Gasteiger partial charge in [-0.2, -0.15) is 9.59 Å². The number of para-hydroxylation sites is 1. The molecule has 0 spiro atoms. The van der Waals surface area contributed by atoms with Crippen LogP contribution in [0.2, 0.25) is 5.02 Å². The normalized spacial score (nSPS) is 13.7. The van der Waals surface area contributed by atoms with Crippen LogP contribution in [0.4, 0.5) is 11.4 Å². The molecule has 0 bridgehead atoms. The highest BCUT2D eigenvalue weighted by molar-refractivity contribution is 6.54. The average Bonchev–Trinajstić information content (AvgIpc) is 2.78. The van der Waals surface area contributed by atoms with Gasteiger partial charge in [-0.25, -0.2) is 4.99 Å². The summed E-state index contributed by atoms with van der Waals surface area (Å²) in [7, 11) is 0. The molecule has 2 aromatic carbocycles. The lowest BCUT2D eigenvalue weighted by Crippen LogP contribution is -2.13. The van der Waals surface area contributed by atoms with Crippen LogP contribution in [-0.4, -0.2) is 17.8 Å². The molecule has 110 valence electrons. The smallest absolute Gasteiger partial charge is 0.320 e. The van der Waals surface area contributed by atoms with E-state index in [1.165, 1.54) is 0 Å². The monoisotopic (exact) mass is 314 g/mol. The summed E-state index contributed by atoms with van der Waals surface area (Å²) < 4.78 is 0. The van der Waals surface area contributed by atoms with Gasteiger partial charge in [0, 0.05) is 10.6 Å². The number of amides is 1. The van der Waals surface area contributed by atoms with Crippen LogP contribution in [0.1, 0.15) is 11.1 Å². The number of aliphatic imine (C=N–C) groups is 1. The Kier molecular flexibility index (Phi) is 4.84. The summed E-state index contributed by atoms with van der Waals surface area (Å²) >= 11 is 6.05. The molecule has 5 nitrogen and oxygen atoms in total. The van der Waals surface area contributed by atoms with Gasteiger partial charge in [-0.15, -0.1) is 0 Å². The van der Waals surface area contributed by atoms with Crippen LogP contribution < -0.4 is 5.32 Å². The van der Waals surface area contributed by atoms with Crippen molar-refractivity contribution in [2.24, 2.45) is 4.99 Å². The molecule has 2 aromatic rings. The van der Waals surface area contributed by atoms with Gasteiger partial charge in [-0.1, -0.05) is 29.8 Å². The lowest BCUT2D eigenvalue weighted by Gasteiger charge is -2.03. The van der Waals surface area contributed by atoms with Gasteiger partial charge >= 0.3 is 6.15 Å². The van der Waals surface area contributed by atoms with Crippen molar-refractivity contribution in [3.63, 3.8) is 0 Å². The molecule has 0 atom stereocenters. The lowest BCUT2D eigenvalue weighted by molar-refractivity contribution is -0.191. The number of hydrogen-bond donors (Lipinski definition) is 1. The second-order valence-corrected chi connectivity index (χ2v) is 4.92. The highest BCUT2D eigenvalue weighted by Crippen LogP contribution is 2.31. The number of aryl methyl sites for hydroxylation is 1. The number of nitrogens with one attached hydrogen (secondary N) is 1. The largest absolute Gasteiger partial charge is 0.373 e. The van der Waals surface area contributed by atoms with Crippen molar-refractivity contribution in [3.8, 4) is 0 Å². The van der Waals surface area contributed by atoms with Crippen LogP contribution in [0.15, 0.2) is 47.5 Å². The number of carbonyl (C=O) groups is 1. The minimum absolute atomic E-state index is 0.191. The Bertz CT molecular complexity index is 779. The molecule has 0 radical (unpaired) electrons. The minimum Gasteiger partial charge on any atom is -0.320 e. The molecule has 1 heterocycles. The second kappa shape index (κ2) is 6.80. The van der Waals surface area contributed by atoms with Crippen molar-refractivity contribution >= 4 is 40.7 Å². The quantitative estimate of drug-likeness (QED) is 0.878. The maximum atomic E-state index is 12.0. The Hall–Kier alpha value is -2.75. The van der Waals surface area contributed by atoms with E-state index in [2.05, 4.69) is 10.3 Å². The van der Waals surface area contributed by atoms with Crippen LogP contribution in [0.25, 0.3) is 0 Å². The fourth-order valence-electron chi connectivity index (χ4n) is 2.13. The molecule has 1 aliphatic rings. The molecule has 0 aromatic heterocycles. The standard InChI is InChI=1S/C15H11ClN2O.CO2/c1-9-7-10(16)8-12-13(9)18-15(19)14(12)17-11-5-3-2-4-6-11;2-1-3/h2-8H,1H3,(H,17,18,19);. The van der Waals surface area contributed by atoms with Crippen LogP contribution in [0, 0.1) is 6.92 Å². The first kappa shape index (κ1) is 15.6. The Morgan fingerprint density at radius 2 is 1.77 bits per heavy atom. The van der Waals surface area contributed by atoms with Crippen molar-refractivity contribution in [1.82, 2.24) is 0 Å². The molecule has 0 saturated carbocycles. The first-order valence-corrected chi connectivity index (χ1v) is 6.69. The van der Waals surface area contributed by atoms with Crippen molar-refractivity contribution in [1.29, 1.82) is 0 Å². The number of nitrogens with zero attached hydrogens (tertiary/aromatic N) is 1. The molecular weight excluding hydrogens is 304 g/mol. The van der Waals surface area contributed by atoms with Gasteiger partial charge in [0.05, 0.1) is 11.4 Å². The molecule has 0 fully saturated rings. The number of benzene rings is 2. The van der Waals surface area contributed by atoms with Crippen molar-refractivity contribution in [2.75, 3.05) is 5.32 Å². The molecule has 1 amide bonds. The van der Waals surface area contributed by atoms with Crippen LogP contribution in [-0.2, 0) is 14.4 Å². The van der Waals surface area contributed by atoms with Crippen LogP contribution in [0.5, 0.6) is 0 Å². The molecule has 22 heavy (non-hydrogen) atoms. The van der Waals surface area contributed by atoms with E-state index in [1.807, 2.05) is 43.3 Å². The SMILES string of the molecule is Cc1cc(Cl)cc2c1NC(=O)C2=Nc1ccccc1.O=C=O. The van der Waals surface area contributed by atoms with Crippen LogP contribution in [0.3, 0.4) is 0 Å². The van der Waals surface area contributed by atoms with Gasteiger partial charge in [0.25, 0.3) is 5.91 Å². The highest BCUT2D eigenvalue weighted by atomic mass is 35.5. The van der Waals surface area contributed by atoms with E-state index in [-0.39, 0.29) is 12.1 Å². The molecule has 3 rings (SSSR count). The van der Waals surface area contributed by atoms with Gasteiger partial charge in [-0.3, -0.25) is 4.79 Å². The third kappa shape index (κ3) is 3.28. The minimum atomic E-state index is -0.191. The molecule has 0 unspecified atom stereocenters. The topological polar surface area (TPSA) is 75.6 Å². The summed E-state index contributed by atoms with van der Waals surface area (Å²) in [5.41, 5.74) is 3.65. The Morgan fingerprint density at radius 3 is 2.41 bits per heavy atom. The number of carbonyl (C=O) groups excluding carboxylic acids is 3. The summed E-state index contributed by atoms with van der Waals surface area (Å²) in [6.45, 7) is 1.91. The molecular formula is C16H11ClN2O3. The van der Waals surface area contributed by atoms with Crippen molar-refractivity contribution in [2.45, 2.75) is 6.92 Å². The van der Waals surface area contributed by atoms with Crippen molar-refractivity contribution in [3.05, 3.63) is 58.6 Å². The molecule has 0 saturated heterocycles. The van der Waals surface area contributed by atoms with Gasteiger partial charge in [-0.05, 0) is 36.8 Å². The van der Waals surface area contributed by atoms with Crippen LogP contribution >= 0.6 is 11.6 Å². The summed E-state index contributed by atoms with van der Waals surface area (Å²) in [5.74, 6) is -0.191. The first-order valence-electron chi connectivity index (χ1n) is 6.31. The van der Waals surface area contributed by atoms with E-state index in [4.69, 9.17) is 21.2 Å². The first-order chi connectivity index (χ1) is 10.6. The summed E-state index contributed by atoms with van der Waals surface area (Å²) in [6.07, 6.45) is 0.250. The maximum Gasteiger partial charge on any atom is 0.373 e. The number of fused-ring (bicyclic) bond motifs is 1. The molecule has 0 aliphatic carbocycles. The highest BCUT2D eigenvalue weighted by Gasteiger charge is 2.27. The summed E-state index contributed by atoms with van der Waals surface area (Å²) in [5, 5.41) is 3.44. The van der Waals surface area contributed by atoms with Gasteiger partial charge in [0.2, 0.25) is 0 Å². The van der Waals surface area contributed by atoms with Gasteiger partial charge in [0.15, 0.2) is 0 Å². The summed E-state index contributed by atoms with van der Waals surface area (Å²) in [4.78, 5) is 32.7. The van der Waals surface area contributed by atoms with E-state index in [0.717, 1.165) is 22.5 Å².